The van der Waals surface area contributed by atoms with E-state index in [0.29, 0.717) is 12.2 Å². The molecule has 0 aromatic heterocycles. The van der Waals surface area contributed by atoms with Crippen LogP contribution in [0.1, 0.15) is 36.7 Å². The van der Waals surface area contributed by atoms with Gasteiger partial charge in [0.05, 0.1) is 0 Å². The third kappa shape index (κ3) is 3.37. The van der Waals surface area contributed by atoms with Gasteiger partial charge in [0.15, 0.2) is 5.78 Å². The highest BCUT2D eigenvalue weighted by atomic mass is 19.1. The molecule has 0 aliphatic rings. The Kier molecular flexibility index (Phi) is 4.82. The summed E-state index contributed by atoms with van der Waals surface area (Å²) in [6, 6.07) is 4.26. The maximum atomic E-state index is 13.2. The molecule has 1 rings (SSSR count). The smallest absolute Gasteiger partial charge is 0.192 e. The van der Waals surface area contributed by atoms with E-state index in [0.717, 1.165) is 5.56 Å². The van der Waals surface area contributed by atoms with Crippen LogP contribution in [0.15, 0.2) is 18.2 Å². The molecule has 0 radical (unpaired) electrons. The monoisotopic (exact) mass is 238 g/mol. The molecule has 0 spiro atoms. The average molecular weight is 238 g/mol. The zero-order chi connectivity index (χ0) is 13.0. The number of carbonyl (C=O) groups excluding carboxylic acids is 1. The van der Waals surface area contributed by atoms with Crippen LogP contribution in [0.5, 0.6) is 0 Å². The molecule has 17 heavy (non-hydrogen) atoms. The van der Waals surface area contributed by atoms with E-state index in [-0.39, 0.29) is 11.7 Å². The van der Waals surface area contributed by atoms with Gasteiger partial charge >= 0.3 is 0 Å². The fourth-order valence-electron chi connectivity index (χ4n) is 1.76. The SMILES string of the molecule is CCOC(C(=O)c1cc(F)ccc1C)C(C)C. The Morgan fingerprint density at radius 3 is 2.59 bits per heavy atom. The summed E-state index contributed by atoms with van der Waals surface area (Å²) in [6.45, 7) is 7.97. The topological polar surface area (TPSA) is 26.3 Å². The first-order chi connectivity index (χ1) is 7.97. The van der Waals surface area contributed by atoms with Crippen LogP contribution in [0, 0.1) is 18.7 Å². The summed E-state index contributed by atoms with van der Waals surface area (Å²) in [6.07, 6.45) is -0.500. The molecule has 1 atom stereocenters. The van der Waals surface area contributed by atoms with Gasteiger partial charge in [-0.3, -0.25) is 4.79 Å². The highest BCUT2D eigenvalue weighted by Crippen LogP contribution is 2.18. The summed E-state index contributed by atoms with van der Waals surface area (Å²) in [5, 5.41) is 0. The number of carbonyl (C=O) groups is 1. The maximum Gasteiger partial charge on any atom is 0.192 e. The molecule has 0 aliphatic carbocycles. The number of halogens is 1. The van der Waals surface area contributed by atoms with E-state index in [1.807, 2.05) is 20.8 Å². The van der Waals surface area contributed by atoms with Crippen molar-refractivity contribution in [2.24, 2.45) is 5.92 Å². The molecule has 1 aromatic rings. The summed E-state index contributed by atoms with van der Waals surface area (Å²) in [7, 11) is 0. The third-order valence-corrected chi connectivity index (χ3v) is 2.68. The van der Waals surface area contributed by atoms with Crippen molar-refractivity contribution in [3.8, 4) is 0 Å². The minimum Gasteiger partial charge on any atom is -0.370 e. The van der Waals surface area contributed by atoms with Crippen LogP contribution in [-0.4, -0.2) is 18.5 Å². The molecule has 94 valence electrons. The van der Waals surface area contributed by atoms with Crippen LogP contribution in [0.4, 0.5) is 4.39 Å². The maximum absolute atomic E-state index is 13.2. The predicted octanol–water partition coefficient (Wildman–Crippen LogP) is 3.38. The van der Waals surface area contributed by atoms with Crippen molar-refractivity contribution in [1.82, 2.24) is 0 Å². The molecule has 1 unspecified atom stereocenters. The van der Waals surface area contributed by atoms with Crippen LogP contribution >= 0.6 is 0 Å². The van der Waals surface area contributed by atoms with E-state index in [2.05, 4.69) is 0 Å². The fourth-order valence-corrected chi connectivity index (χ4v) is 1.76. The van der Waals surface area contributed by atoms with E-state index in [9.17, 15) is 9.18 Å². The largest absolute Gasteiger partial charge is 0.370 e. The Bertz CT molecular complexity index is 399. The fraction of sp³-hybridized carbons (Fsp3) is 0.500. The second kappa shape index (κ2) is 5.92. The lowest BCUT2D eigenvalue weighted by Gasteiger charge is -2.20. The minimum absolute atomic E-state index is 0.0742. The normalized spacial score (nSPS) is 12.8. The first-order valence-electron chi connectivity index (χ1n) is 5.89. The number of ether oxygens (including phenoxy) is 1. The van der Waals surface area contributed by atoms with Gasteiger partial charge in [-0.1, -0.05) is 19.9 Å². The summed E-state index contributed by atoms with van der Waals surface area (Å²) in [5.41, 5.74) is 1.19. The van der Waals surface area contributed by atoms with Gasteiger partial charge < -0.3 is 4.74 Å². The lowest BCUT2D eigenvalue weighted by Crippen LogP contribution is -2.30. The number of hydrogen-bond acceptors (Lipinski definition) is 2. The number of ketones is 1. The molecule has 0 heterocycles. The first-order valence-corrected chi connectivity index (χ1v) is 5.89. The molecule has 0 aliphatic heterocycles. The van der Waals surface area contributed by atoms with E-state index < -0.39 is 11.9 Å². The number of hydrogen-bond donors (Lipinski definition) is 0. The van der Waals surface area contributed by atoms with Crippen molar-refractivity contribution in [1.29, 1.82) is 0 Å². The van der Waals surface area contributed by atoms with Gasteiger partial charge in [0.2, 0.25) is 0 Å². The quantitative estimate of drug-likeness (QED) is 0.735. The van der Waals surface area contributed by atoms with E-state index in [1.54, 1.807) is 13.0 Å². The Morgan fingerprint density at radius 1 is 1.41 bits per heavy atom. The van der Waals surface area contributed by atoms with Crippen LogP contribution in [0.25, 0.3) is 0 Å². The van der Waals surface area contributed by atoms with Crippen LogP contribution < -0.4 is 0 Å². The number of rotatable bonds is 5. The molecule has 0 fully saturated rings. The molecule has 3 heteroatoms. The highest BCUT2D eigenvalue weighted by Gasteiger charge is 2.25. The van der Waals surface area contributed by atoms with Crippen molar-refractivity contribution in [2.45, 2.75) is 33.8 Å². The lowest BCUT2D eigenvalue weighted by molar-refractivity contribution is 0.0279. The van der Waals surface area contributed by atoms with Crippen LogP contribution in [0.3, 0.4) is 0 Å². The third-order valence-electron chi connectivity index (χ3n) is 2.68. The summed E-state index contributed by atoms with van der Waals surface area (Å²) in [4.78, 5) is 12.3. The molecule has 2 nitrogen and oxygen atoms in total. The average Bonchev–Trinajstić information content (AvgIpc) is 2.28. The van der Waals surface area contributed by atoms with Gasteiger partial charge in [0.25, 0.3) is 0 Å². The van der Waals surface area contributed by atoms with Crippen molar-refractivity contribution >= 4 is 5.78 Å². The van der Waals surface area contributed by atoms with Gasteiger partial charge in [-0.05, 0) is 37.5 Å². The van der Waals surface area contributed by atoms with Gasteiger partial charge in [-0.15, -0.1) is 0 Å². The van der Waals surface area contributed by atoms with Gasteiger partial charge in [0, 0.05) is 12.2 Å². The highest BCUT2D eigenvalue weighted by molar-refractivity contribution is 6.00. The second-order valence-corrected chi connectivity index (χ2v) is 4.44. The molecular formula is C14H19FO2. The van der Waals surface area contributed by atoms with Gasteiger partial charge in [-0.2, -0.15) is 0 Å². The Balaban J connectivity index is 3.04. The summed E-state index contributed by atoms with van der Waals surface area (Å²) < 4.78 is 18.6. The van der Waals surface area contributed by atoms with Crippen molar-refractivity contribution in [3.63, 3.8) is 0 Å². The molecule has 0 saturated carbocycles. The Labute approximate surface area is 102 Å². The predicted molar refractivity (Wildman–Crippen MR) is 65.7 cm³/mol. The molecular weight excluding hydrogens is 219 g/mol. The van der Waals surface area contributed by atoms with Crippen molar-refractivity contribution < 1.29 is 13.9 Å². The molecule has 0 N–H and O–H groups in total. The van der Waals surface area contributed by atoms with E-state index in [1.165, 1.54) is 12.1 Å². The van der Waals surface area contributed by atoms with Gasteiger partial charge in [0.1, 0.15) is 11.9 Å². The molecule has 0 saturated heterocycles. The standard InChI is InChI=1S/C14H19FO2/c1-5-17-14(9(2)3)13(16)12-8-11(15)7-6-10(12)4/h6-9,14H,5H2,1-4H3. The molecule has 1 aromatic carbocycles. The first kappa shape index (κ1) is 13.8. The Hall–Kier alpha value is -1.22. The van der Waals surface area contributed by atoms with E-state index in [4.69, 9.17) is 4.74 Å². The zero-order valence-electron chi connectivity index (χ0n) is 10.8. The Morgan fingerprint density at radius 2 is 2.06 bits per heavy atom. The van der Waals surface area contributed by atoms with Crippen LogP contribution in [-0.2, 0) is 4.74 Å². The molecule has 0 amide bonds. The number of aryl methyl sites for hydroxylation is 1. The van der Waals surface area contributed by atoms with Crippen molar-refractivity contribution in [3.05, 3.63) is 35.1 Å². The molecule has 0 bridgehead atoms. The zero-order valence-corrected chi connectivity index (χ0v) is 10.8. The minimum atomic E-state index is -0.500. The van der Waals surface area contributed by atoms with Gasteiger partial charge in [-0.25, -0.2) is 4.39 Å². The summed E-state index contributed by atoms with van der Waals surface area (Å²) >= 11 is 0. The second-order valence-electron chi connectivity index (χ2n) is 4.44. The van der Waals surface area contributed by atoms with Crippen LogP contribution in [0.2, 0.25) is 0 Å². The number of benzene rings is 1. The number of Topliss-reactive ketones (excluding diaryl/α,β-unsaturated/α-hetero) is 1. The lowest BCUT2D eigenvalue weighted by atomic mass is 9.94. The summed E-state index contributed by atoms with van der Waals surface area (Å²) in [5.74, 6) is -0.457. The van der Waals surface area contributed by atoms with Crippen molar-refractivity contribution in [2.75, 3.05) is 6.61 Å². The van der Waals surface area contributed by atoms with E-state index >= 15 is 0 Å².